The molecule has 0 spiro atoms. The van der Waals surface area contributed by atoms with E-state index in [-0.39, 0.29) is 12.6 Å². The monoisotopic (exact) mass is 248 g/mol. The van der Waals surface area contributed by atoms with Gasteiger partial charge in [-0.1, -0.05) is 32.6 Å². The molecule has 5 nitrogen and oxygen atoms in total. The number of aliphatic hydroxyl groups is 3. The Morgan fingerprint density at radius 2 is 1.76 bits per heavy atom. The van der Waals surface area contributed by atoms with Crippen LogP contribution < -0.4 is 0 Å². The first kappa shape index (κ1) is 16.4. The Hall–Kier alpha value is -0.650. The van der Waals surface area contributed by atoms with Crippen molar-refractivity contribution in [1.82, 2.24) is 0 Å². The summed E-state index contributed by atoms with van der Waals surface area (Å²) in [4.78, 5) is 11.2. The molecule has 0 amide bonds. The minimum Gasteiger partial charge on any atom is -0.463 e. The van der Waals surface area contributed by atoms with E-state index in [1.165, 1.54) is 6.42 Å². The lowest BCUT2D eigenvalue weighted by Gasteiger charge is -2.15. The van der Waals surface area contributed by atoms with Gasteiger partial charge in [-0.2, -0.15) is 0 Å². The van der Waals surface area contributed by atoms with Gasteiger partial charge in [-0.3, -0.25) is 4.79 Å². The van der Waals surface area contributed by atoms with Crippen LogP contribution in [-0.2, 0) is 9.53 Å². The highest BCUT2D eigenvalue weighted by molar-refractivity contribution is 5.69. The lowest BCUT2D eigenvalue weighted by Crippen LogP contribution is -2.34. The van der Waals surface area contributed by atoms with Gasteiger partial charge in [0.05, 0.1) is 6.61 Å². The molecule has 0 aliphatic rings. The maximum atomic E-state index is 11.2. The second-order valence-corrected chi connectivity index (χ2v) is 4.16. The highest BCUT2D eigenvalue weighted by Crippen LogP contribution is 2.06. The molecular formula is C12H24O5. The number of ether oxygens (including phenoxy) is 1. The summed E-state index contributed by atoms with van der Waals surface area (Å²) in [6, 6.07) is 0. The molecule has 2 atom stereocenters. The van der Waals surface area contributed by atoms with Crippen molar-refractivity contribution in [2.24, 2.45) is 0 Å². The van der Waals surface area contributed by atoms with E-state index < -0.39 is 18.8 Å². The molecule has 0 radical (unpaired) electrons. The van der Waals surface area contributed by atoms with Gasteiger partial charge in [-0.25, -0.2) is 0 Å². The quantitative estimate of drug-likeness (QED) is 0.389. The minimum absolute atomic E-state index is 0.268. The molecule has 0 heterocycles. The van der Waals surface area contributed by atoms with Gasteiger partial charge in [0.2, 0.25) is 0 Å². The third-order valence-electron chi connectivity index (χ3n) is 2.53. The average molecular weight is 248 g/mol. The summed E-state index contributed by atoms with van der Waals surface area (Å²) in [5, 5.41) is 26.8. The zero-order chi connectivity index (χ0) is 13.1. The molecule has 0 saturated heterocycles. The SMILES string of the molecule is CCCCCCCC(=O)OC[C@H](O)[C@H](O)CO. The molecule has 0 rings (SSSR count). The fraction of sp³-hybridized carbons (Fsp3) is 0.917. The van der Waals surface area contributed by atoms with Crippen molar-refractivity contribution in [3.8, 4) is 0 Å². The molecular weight excluding hydrogens is 224 g/mol. The van der Waals surface area contributed by atoms with Gasteiger partial charge in [0.15, 0.2) is 0 Å². The number of carbonyl (C=O) groups is 1. The molecule has 0 saturated carbocycles. The zero-order valence-electron chi connectivity index (χ0n) is 10.5. The number of rotatable bonds is 10. The summed E-state index contributed by atoms with van der Waals surface area (Å²) in [6.45, 7) is 1.31. The van der Waals surface area contributed by atoms with Gasteiger partial charge >= 0.3 is 5.97 Å². The van der Waals surface area contributed by atoms with Gasteiger partial charge in [0, 0.05) is 6.42 Å². The Bertz CT molecular complexity index is 195. The lowest BCUT2D eigenvalue weighted by molar-refractivity contribution is -0.149. The molecule has 5 heteroatoms. The van der Waals surface area contributed by atoms with Crippen LogP contribution in [0.3, 0.4) is 0 Å². The topological polar surface area (TPSA) is 87.0 Å². The van der Waals surface area contributed by atoms with E-state index in [4.69, 9.17) is 14.9 Å². The van der Waals surface area contributed by atoms with Crippen LogP contribution in [-0.4, -0.2) is 46.7 Å². The van der Waals surface area contributed by atoms with Crippen molar-refractivity contribution in [2.45, 2.75) is 57.7 Å². The van der Waals surface area contributed by atoms with E-state index in [1.54, 1.807) is 0 Å². The average Bonchev–Trinajstić information content (AvgIpc) is 2.34. The fourth-order valence-electron chi connectivity index (χ4n) is 1.36. The number of hydrogen-bond donors (Lipinski definition) is 3. The summed E-state index contributed by atoms with van der Waals surface area (Å²) in [5.41, 5.74) is 0. The van der Waals surface area contributed by atoms with Crippen LogP contribution in [0.15, 0.2) is 0 Å². The Kier molecular flexibility index (Phi) is 10.1. The van der Waals surface area contributed by atoms with E-state index >= 15 is 0 Å². The van der Waals surface area contributed by atoms with E-state index in [2.05, 4.69) is 6.92 Å². The number of hydrogen-bond acceptors (Lipinski definition) is 5. The van der Waals surface area contributed by atoms with Crippen molar-refractivity contribution < 1.29 is 24.9 Å². The summed E-state index contributed by atoms with van der Waals surface area (Å²) in [6.07, 6.45) is 3.12. The molecule has 0 aromatic carbocycles. The first-order valence-corrected chi connectivity index (χ1v) is 6.24. The highest BCUT2D eigenvalue weighted by atomic mass is 16.5. The Labute approximate surface area is 102 Å². The smallest absolute Gasteiger partial charge is 0.305 e. The highest BCUT2D eigenvalue weighted by Gasteiger charge is 2.16. The predicted octanol–water partition coefficient (Wildman–Crippen LogP) is 0.604. The zero-order valence-corrected chi connectivity index (χ0v) is 10.5. The molecule has 0 bridgehead atoms. The molecule has 17 heavy (non-hydrogen) atoms. The number of carbonyl (C=O) groups excluding carboxylic acids is 1. The molecule has 0 fully saturated rings. The van der Waals surface area contributed by atoms with Crippen molar-refractivity contribution in [3.05, 3.63) is 0 Å². The molecule has 0 aliphatic heterocycles. The second-order valence-electron chi connectivity index (χ2n) is 4.16. The summed E-state index contributed by atoms with van der Waals surface area (Å²) in [7, 11) is 0. The van der Waals surface area contributed by atoms with E-state index in [0.29, 0.717) is 6.42 Å². The first-order chi connectivity index (χ1) is 8.11. The molecule has 3 N–H and O–H groups in total. The normalized spacial score (nSPS) is 14.4. The Morgan fingerprint density at radius 1 is 1.12 bits per heavy atom. The van der Waals surface area contributed by atoms with E-state index in [1.807, 2.05) is 0 Å². The summed E-state index contributed by atoms with van der Waals surface area (Å²) in [5.74, 6) is -0.370. The maximum absolute atomic E-state index is 11.2. The van der Waals surface area contributed by atoms with Crippen LogP contribution >= 0.6 is 0 Å². The minimum atomic E-state index is -1.26. The Balaban J connectivity index is 3.46. The van der Waals surface area contributed by atoms with Crippen molar-refractivity contribution in [1.29, 1.82) is 0 Å². The molecule has 102 valence electrons. The standard InChI is InChI=1S/C12H24O5/c1-2-3-4-5-6-7-12(16)17-9-11(15)10(14)8-13/h10-11,13-15H,2-9H2,1H3/t10-,11+/m1/s1. The fourth-order valence-corrected chi connectivity index (χ4v) is 1.36. The largest absolute Gasteiger partial charge is 0.463 e. The molecule has 0 aromatic rings. The van der Waals surface area contributed by atoms with Crippen molar-refractivity contribution in [3.63, 3.8) is 0 Å². The third kappa shape index (κ3) is 9.09. The summed E-state index contributed by atoms with van der Waals surface area (Å²) >= 11 is 0. The number of aliphatic hydroxyl groups excluding tert-OH is 3. The van der Waals surface area contributed by atoms with Gasteiger partial charge in [-0.15, -0.1) is 0 Å². The Morgan fingerprint density at radius 3 is 2.35 bits per heavy atom. The molecule has 0 unspecified atom stereocenters. The number of esters is 1. The molecule has 0 aliphatic carbocycles. The van der Waals surface area contributed by atoms with Gasteiger partial charge < -0.3 is 20.1 Å². The van der Waals surface area contributed by atoms with Crippen LogP contribution in [0.25, 0.3) is 0 Å². The van der Waals surface area contributed by atoms with Crippen LogP contribution in [0.5, 0.6) is 0 Å². The van der Waals surface area contributed by atoms with Crippen LogP contribution in [0.1, 0.15) is 45.4 Å². The van der Waals surface area contributed by atoms with Crippen molar-refractivity contribution >= 4 is 5.97 Å². The van der Waals surface area contributed by atoms with Crippen LogP contribution in [0.2, 0.25) is 0 Å². The number of unbranched alkanes of at least 4 members (excludes halogenated alkanes) is 4. The van der Waals surface area contributed by atoms with Crippen molar-refractivity contribution in [2.75, 3.05) is 13.2 Å². The van der Waals surface area contributed by atoms with Gasteiger partial charge in [0.25, 0.3) is 0 Å². The van der Waals surface area contributed by atoms with Crippen LogP contribution in [0.4, 0.5) is 0 Å². The predicted molar refractivity (Wildman–Crippen MR) is 63.4 cm³/mol. The van der Waals surface area contributed by atoms with Gasteiger partial charge in [0.1, 0.15) is 18.8 Å². The lowest BCUT2D eigenvalue weighted by atomic mass is 10.1. The van der Waals surface area contributed by atoms with E-state index in [9.17, 15) is 9.90 Å². The second kappa shape index (κ2) is 10.5. The van der Waals surface area contributed by atoms with Gasteiger partial charge in [-0.05, 0) is 6.42 Å². The van der Waals surface area contributed by atoms with E-state index in [0.717, 1.165) is 25.7 Å². The van der Waals surface area contributed by atoms with Crippen LogP contribution in [0, 0.1) is 0 Å². The summed E-state index contributed by atoms with van der Waals surface area (Å²) < 4.78 is 4.77. The molecule has 0 aromatic heterocycles. The first-order valence-electron chi connectivity index (χ1n) is 6.24. The maximum Gasteiger partial charge on any atom is 0.305 e. The third-order valence-corrected chi connectivity index (χ3v) is 2.53.